The first-order valence-corrected chi connectivity index (χ1v) is 9.87. The fraction of sp³-hybridized carbons (Fsp3) is 0.571. The minimum Gasteiger partial charge on any atom is -0.352 e. The minimum atomic E-state index is -0.312. The second-order valence-electron chi connectivity index (χ2n) is 7.60. The van der Waals surface area contributed by atoms with Gasteiger partial charge < -0.3 is 15.5 Å². The lowest BCUT2D eigenvalue weighted by Crippen LogP contribution is -2.29. The third kappa shape index (κ3) is 6.38. The maximum atomic E-state index is 12.4. The van der Waals surface area contributed by atoms with E-state index >= 15 is 0 Å². The van der Waals surface area contributed by atoms with Gasteiger partial charge in [0.15, 0.2) is 0 Å². The van der Waals surface area contributed by atoms with Gasteiger partial charge in [0, 0.05) is 37.3 Å². The quantitative estimate of drug-likeness (QED) is 0.698. The van der Waals surface area contributed by atoms with Gasteiger partial charge in [-0.05, 0) is 43.0 Å². The van der Waals surface area contributed by atoms with Crippen molar-refractivity contribution in [1.82, 2.24) is 10.2 Å². The predicted octanol–water partition coefficient (Wildman–Crippen LogP) is 3.05. The van der Waals surface area contributed by atoms with Gasteiger partial charge in [0.1, 0.15) is 0 Å². The summed E-state index contributed by atoms with van der Waals surface area (Å²) in [6, 6.07) is 6.85. The van der Waals surface area contributed by atoms with Crippen LogP contribution in [-0.2, 0) is 9.59 Å². The lowest BCUT2D eigenvalue weighted by atomic mass is 10.1. The Morgan fingerprint density at radius 1 is 1.22 bits per heavy atom. The van der Waals surface area contributed by atoms with E-state index in [1.54, 1.807) is 29.2 Å². The number of carbonyl (C=O) groups excluding carboxylic acids is 3. The number of anilines is 1. The number of benzene rings is 1. The summed E-state index contributed by atoms with van der Waals surface area (Å²) in [5.74, 6) is 0.0339. The molecule has 1 aromatic carbocycles. The Bertz CT molecular complexity index is 655. The molecule has 0 aromatic heterocycles. The van der Waals surface area contributed by atoms with E-state index in [0.717, 1.165) is 25.8 Å². The van der Waals surface area contributed by atoms with Crippen LogP contribution < -0.4 is 10.6 Å². The van der Waals surface area contributed by atoms with Crippen molar-refractivity contribution in [3.8, 4) is 0 Å². The van der Waals surface area contributed by atoms with Crippen LogP contribution in [0.15, 0.2) is 24.3 Å². The Balaban J connectivity index is 1.84. The molecule has 1 aliphatic heterocycles. The molecule has 1 aliphatic rings. The summed E-state index contributed by atoms with van der Waals surface area (Å²) >= 11 is 0. The number of hydrogen-bond donors (Lipinski definition) is 2. The number of carbonyl (C=O) groups is 3. The van der Waals surface area contributed by atoms with Crippen LogP contribution in [0.5, 0.6) is 0 Å². The van der Waals surface area contributed by atoms with Crippen LogP contribution in [0.4, 0.5) is 5.69 Å². The van der Waals surface area contributed by atoms with Gasteiger partial charge in [-0.3, -0.25) is 14.4 Å². The summed E-state index contributed by atoms with van der Waals surface area (Å²) in [7, 11) is 0. The zero-order chi connectivity index (χ0) is 19.8. The van der Waals surface area contributed by atoms with Crippen LogP contribution in [0.3, 0.4) is 0 Å². The molecule has 1 saturated heterocycles. The summed E-state index contributed by atoms with van der Waals surface area (Å²) in [5, 5.41) is 5.75. The number of nitrogens with zero attached hydrogens (tertiary/aromatic N) is 1. The number of amides is 3. The Kier molecular flexibility index (Phi) is 7.82. The zero-order valence-electron chi connectivity index (χ0n) is 16.6. The van der Waals surface area contributed by atoms with Crippen LogP contribution in [0, 0.1) is 11.8 Å². The molecule has 6 nitrogen and oxygen atoms in total. The van der Waals surface area contributed by atoms with Crippen molar-refractivity contribution in [3.63, 3.8) is 0 Å². The summed E-state index contributed by atoms with van der Waals surface area (Å²) < 4.78 is 0. The fourth-order valence-corrected chi connectivity index (χ4v) is 3.04. The highest BCUT2D eigenvalue weighted by molar-refractivity contribution is 5.98. The van der Waals surface area contributed by atoms with Gasteiger partial charge in [0.25, 0.3) is 5.91 Å². The molecule has 0 aliphatic carbocycles. The Hall–Kier alpha value is -2.37. The average molecular weight is 373 g/mol. The smallest absolute Gasteiger partial charge is 0.251 e. The molecule has 1 heterocycles. The first-order chi connectivity index (χ1) is 12.9. The van der Waals surface area contributed by atoms with Crippen LogP contribution in [0.2, 0.25) is 0 Å². The van der Waals surface area contributed by atoms with E-state index in [9.17, 15) is 14.4 Å². The van der Waals surface area contributed by atoms with E-state index in [2.05, 4.69) is 31.4 Å². The van der Waals surface area contributed by atoms with E-state index in [0.29, 0.717) is 30.3 Å². The SMILES string of the molecule is CCCCN1CC(C(=O)Nc2ccc(C(=O)NCCC(C)C)cc2)CC1=O. The van der Waals surface area contributed by atoms with Crippen molar-refractivity contribution in [2.24, 2.45) is 11.8 Å². The van der Waals surface area contributed by atoms with Crippen molar-refractivity contribution in [1.29, 1.82) is 0 Å². The average Bonchev–Trinajstić information content (AvgIpc) is 3.01. The molecule has 148 valence electrons. The zero-order valence-corrected chi connectivity index (χ0v) is 16.6. The van der Waals surface area contributed by atoms with Gasteiger partial charge in [0.05, 0.1) is 5.92 Å². The highest BCUT2D eigenvalue weighted by atomic mass is 16.2. The van der Waals surface area contributed by atoms with Crippen LogP contribution in [-0.4, -0.2) is 42.3 Å². The summed E-state index contributed by atoms with van der Waals surface area (Å²) in [6.45, 7) is 8.17. The molecule has 2 N–H and O–H groups in total. The van der Waals surface area contributed by atoms with Gasteiger partial charge in [-0.25, -0.2) is 0 Å². The Morgan fingerprint density at radius 2 is 1.93 bits per heavy atom. The molecular formula is C21H31N3O3. The summed E-state index contributed by atoms with van der Waals surface area (Å²) in [5.41, 5.74) is 1.21. The van der Waals surface area contributed by atoms with Crippen molar-refractivity contribution in [3.05, 3.63) is 29.8 Å². The predicted molar refractivity (Wildman–Crippen MR) is 106 cm³/mol. The summed E-state index contributed by atoms with van der Waals surface area (Å²) in [6.07, 6.45) is 3.19. The van der Waals surface area contributed by atoms with Crippen LogP contribution >= 0.6 is 0 Å². The third-order valence-electron chi connectivity index (χ3n) is 4.79. The second-order valence-corrected chi connectivity index (χ2v) is 7.60. The minimum absolute atomic E-state index is 0.0528. The number of hydrogen-bond acceptors (Lipinski definition) is 3. The fourth-order valence-electron chi connectivity index (χ4n) is 3.04. The van der Waals surface area contributed by atoms with E-state index in [1.807, 2.05) is 0 Å². The van der Waals surface area contributed by atoms with E-state index in [1.165, 1.54) is 0 Å². The first-order valence-electron chi connectivity index (χ1n) is 9.87. The third-order valence-corrected chi connectivity index (χ3v) is 4.79. The van der Waals surface area contributed by atoms with Crippen LogP contribution in [0.25, 0.3) is 0 Å². The number of nitrogens with one attached hydrogen (secondary N) is 2. The largest absolute Gasteiger partial charge is 0.352 e. The molecule has 0 bridgehead atoms. The number of rotatable bonds is 9. The molecule has 1 fully saturated rings. The monoisotopic (exact) mass is 373 g/mol. The maximum absolute atomic E-state index is 12.4. The molecule has 27 heavy (non-hydrogen) atoms. The number of likely N-dealkylation sites (tertiary alicyclic amines) is 1. The van der Waals surface area contributed by atoms with Crippen LogP contribution in [0.1, 0.15) is 56.8 Å². The maximum Gasteiger partial charge on any atom is 0.251 e. The lowest BCUT2D eigenvalue weighted by molar-refractivity contribution is -0.128. The number of unbranched alkanes of at least 4 members (excludes halogenated alkanes) is 1. The molecule has 0 radical (unpaired) electrons. The van der Waals surface area contributed by atoms with Crippen molar-refractivity contribution in [2.75, 3.05) is 25.0 Å². The van der Waals surface area contributed by atoms with Gasteiger partial charge in [-0.1, -0.05) is 27.2 Å². The molecule has 1 unspecified atom stereocenters. The Morgan fingerprint density at radius 3 is 2.56 bits per heavy atom. The molecular weight excluding hydrogens is 342 g/mol. The van der Waals surface area contributed by atoms with Crippen molar-refractivity contribution >= 4 is 23.4 Å². The van der Waals surface area contributed by atoms with E-state index in [4.69, 9.17) is 0 Å². The van der Waals surface area contributed by atoms with Crippen molar-refractivity contribution < 1.29 is 14.4 Å². The van der Waals surface area contributed by atoms with E-state index < -0.39 is 0 Å². The van der Waals surface area contributed by atoms with Crippen molar-refractivity contribution in [2.45, 2.75) is 46.5 Å². The standard InChI is InChI=1S/C21H31N3O3/c1-4-5-12-24-14-17(13-19(24)25)21(27)23-18-8-6-16(7-9-18)20(26)22-11-10-15(2)3/h6-9,15,17H,4-5,10-14H2,1-3H3,(H,22,26)(H,23,27). The van der Waals surface area contributed by atoms with E-state index in [-0.39, 0.29) is 30.1 Å². The summed E-state index contributed by atoms with van der Waals surface area (Å²) in [4.78, 5) is 38.3. The second kappa shape index (κ2) is 10.1. The molecule has 2 rings (SSSR count). The molecule has 0 saturated carbocycles. The van der Waals surface area contributed by atoms with Gasteiger partial charge >= 0.3 is 0 Å². The highest BCUT2D eigenvalue weighted by Gasteiger charge is 2.33. The molecule has 6 heteroatoms. The van der Waals surface area contributed by atoms with Gasteiger partial charge in [-0.2, -0.15) is 0 Å². The highest BCUT2D eigenvalue weighted by Crippen LogP contribution is 2.20. The normalized spacial score (nSPS) is 16.7. The molecule has 1 atom stereocenters. The first kappa shape index (κ1) is 20.9. The van der Waals surface area contributed by atoms with Gasteiger partial charge in [-0.15, -0.1) is 0 Å². The lowest BCUT2D eigenvalue weighted by Gasteiger charge is -2.16. The molecule has 1 aromatic rings. The molecule has 0 spiro atoms. The van der Waals surface area contributed by atoms with Gasteiger partial charge in [0.2, 0.25) is 11.8 Å². The Labute approximate surface area is 161 Å². The molecule has 3 amide bonds. The topological polar surface area (TPSA) is 78.5 Å².